The molecule has 0 saturated carbocycles. The molecule has 1 fully saturated rings. The van der Waals surface area contributed by atoms with Crippen molar-refractivity contribution in [2.75, 3.05) is 16.3 Å². The second-order valence-corrected chi connectivity index (χ2v) is 10.8. The molecule has 0 bridgehead atoms. The van der Waals surface area contributed by atoms with E-state index in [2.05, 4.69) is 50.8 Å². The summed E-state index contributed by atoms with van der Waals surface area (Å²) in [5.74, 6) is 0.419. The zero-order chi connectivity index (χ0) is 24.6. The van der Waals surface area contributed by atoms with Crippen LogP contribution in [0.4, 0.5) is 17.1 Å². The number of amides is 1. The van der Waals surface area contributed by atoms with Crippen LogP contribution in [0.1, 0.15) is 51.2 Å². The van der Waals surface area contributed by atoms with Crippen molar-refractivity contribution in [2.45, 2.75) is 45.6 Å². The van der Waals surface area contributed by atoms with Gasteiger partial charge in [-0.2, -0.15) is 0 Å². The third kappa shape index (κ3) is 4.53. The first kappa shape index (κ1) is 23.4. The lowest BCUT2D eigenvalue weighted by Crippen LogP contribution is -2.48. The van der Waals surface area contributed by atoms with E-state index in [1.807, 2.05) is 66.7 Å². The lowest BCUT2D eigenvalue weighted by molar-refractivity contribution is -0.113. The lowest BCUT2D eigenvalue weighted by Gasteiger charge is -2.47. The summed E-state index contributed by atoms with van der Waals surface area (Å²) in [7, 11) is 0. The molecule has 2 aliphatic heterocycles. The molecule has 0 aromatic heterocycles. The highest BCUT2D eigenvalue weighted by molar-refractivity contribution is 8.19. The van der Waals surface area contributed by atoms with Gasteiger partial charge in [0.15, 0.2) is 5.17 Å². The lowest BCUT2D eigenvalue weighted by atomic mass is 9.79. The zero-order valence-corrected chi connectivity index (χ0v) is 21.5. The Labute approximate surface area is 212 Å². The van der Waals surface area contributed by atoms with Crippen molar-refractivity contribution in [2.24, 2.45) is 4.99 Å². The number of carbonyl (C=O) groups is 1. The van der Waals surface area contributed by atoms with Crippen molar-refractivity contribution in [3.63, 3.8) is 0 Å². The van der Waals surface area contributed by atoms with E-state index >= 15 is 0 Å². The highest BCUT2D eigenvalue weighted by atomic mass is 32.2. The number of hydrogen-bond donors (Lipinski definition) is 0. The highest BCUT2D eigenvalue weighted by Crippen LogP contribution is 2.44. The van der Waals surface area contributed by atoms with E-state index in [0.717, 1.165) is 29.9 Å². The normalized spacial score (nSPS) is 21.6. The maximum atomic E-state index is 13.6. The van der Waals surface area contributed by atoms with Gasteiger partial charge >= 0.3 is 0 Å². The number of fused-ring (bicyclic) bond motifs is 1. The van der Waals surface area contributed by atoms with Crippen LogP contribution in [0.15, 0.2) is 88.8 Å². The second kappa shape index (κ2) is 9.38. The van der Waals surface area contributed by atoms with Crippen LogP contribution in [0.3, 0.4) is 0 Å². The minimum Gasteiger partial charge on any atom is -0.366 e. The SMILES string of the molecule is CCN1c2ccc(/C=C3\SC(=Nc4ccccc4)N(c4ccccc4)C3=O)cc2[C@H](C)CC1(C)C. The van der Waals surface area contributed by atoms with Gasteiger partial charge in [-0.25, -0.2) is 4.99 Å². The number of rotatable bonds is 4. The number of anilines is 2. The molecule has 2 heterocycles. The van der Waals surface area contributed by atoms with Gasteiger partial charge in [-0.05, 0) is 98.5 Å². The van der Waals surface area contributed by atoms with Gasteiger partial charge in [0, 0.05) is 17.8 Å². The first-order valence-corrected chi connectivity index (χ1v) is 13.0. The van der Waals surface area contributed by atoms with E-state index in [1.54, 1.807) is 4.90 Å². The summed E-state index contributed by atoms with van der Waals surface area (Å²) in [6, 6.07) is 26.2. The summed E-state index contributed by atoms with van der Waals surface area (Å²) in [6.07, 6.45) is 3.12. The summed E-state index contributed by atoms with van der Waals surface area (Å²) in [5, 5.41) is 0.670. The third-order valence-electron chi connectivity index (χ3n) is 6.83. The molecule has 1 atom stereocenters. The smallest absolute Gasteiger partial charge is 0.271 e. The van der Waals surface area contributed by atoms with Gasteiger partial charge < -0.3 is 4.90 Å². The van der Waals surface area contributed by atoms with E-state index in [-0.39, 0.29) is 11.4 Å². The Morgan fingerprint density at radius 2 is 1.71 bits per heavy atom. The number of carbonyl (C=O) groups excluding carboxylic acids is 1. The van der Waals surface area contributed by atoms with Crippen LogP contribution < -0.4 is 9.80 Å². The number of nitrogens with zero attached hydrogens (tertiary/aromatic N) is 3. The number of para-hydroxylation sites is 2. The molecule has 0 radical (unpaired) electrons. The molecule has 178 valence electrons. The Balaban J connectivity index is 1.53. The maximum absolute atomic E-state index is 13.6. The minimum atomic E-state index is -0.0435. The largest absolute Gasteiger partial charge is 0.366 e. The van der Waals surface area contributed by atoms with Crippen molar-refractivity contribution in [1.82, 2.24) is 0 Å². The van der Waals surface area contributed by atoms with Crippen LogP contribution >= 0.6 is 11.8 Å². The Morgan fingerprint density at radius 1 is 1.03 bits per heavy atom. The number of hydrogen-bond acceptors (Lipinski definition) is 4. The standard InChI is InChI=1S/C30H31N3OS/c1-5-32-26-17-16-22(18-25(26)21(2)20-30(32,3)4)19-27-28(34)33(24-14-10-7-11-15-24)29(35-27)31-23-12-8-6-9-13-23/h6-19,21H,5,20H2,1-4H3/b27-19-,31-29?/t21-/m1/s1. The summed E-state index contributed by atoms with van der Waals surface area (Å²) < 4.78 is 0. The van der Waals surface area contributed by atoms with Crippen LogP contribution in [-0.2, 0) is 4.79 Å². The average Bonchev–Trinajstić information content (AvgIpc) is 3.14. The van der Waals surface area contributed by atoms with Crippen LogP contribution in [0.2, 0.25) is 0 Å². The number of thioether (sulfide) groups is 1. The first-order chi connectivity index (χ1) is 16.9. The molecule has 0 unspecified atom stereocenters. The van der Waals surface area contributed by atoms with Gasteiger partial charge in [0.2, 0.25) is 0 Å². The van der Waals surface area contributed by atoms with Crippen LogP contribution in [0, 0.1) is 0 Å². The fourth-order valence-electron chi connectivity index (χ4n) is 5.32. The van der Waals surface area contributed by atoms with Gasteiger partial charge in [0.05, 0.1) is 16.3 Å². The fourth-order valence-corrected chi connectivity index (χ4v) is 6.32. The Kier molecular flexibility index (Phi) is 6.28. The Hall–Kier alpha value is -3.31. The molecule has 2 aliphatic rings. The predicted octanol–water partition coefficient (Wildman–Crippen LogP) is 7.61. The third-order valence-corrected chi connectivity index (χ3v) is 7.79. The molecule has 35 heavy (non-hydrogen) atoms. The van der Waals surface area contributed by atoms with Gasteiger partial charge in [-0.15, -0.1) is 0 Å². The Bertz CT molecular complexity index is 1300. The molecular weight excluding hydrogens is 450 g/mol. The van der Waals surface area contributed by atoms with Crippen molar-refractivity contribution >= 4 is 46.0 Å². The molecule has 3 aromatic rings. The van der Waals surface area contributed by atoms with E-state index in [1.165, 1.54) is 23.0 Å². The molecule has 5 heteroatoms. The average molecular weight is 482 g/mol. The molecule has 1 amide bonds. The zero-order valence-electron chi connectivity index (χ0n) is 20.7. The maximum Gasteiger partial charge on any atom is 0.271 e. The minimum absolute atomic E-state index is 0.0435. The molecule has 0 aliphatic carbocycles. The second-order valence-electron chi connectivity index (χ2n) is 9.80. The molecule has 1 saturated heterocycles. The van der Waals surface area contributed by atoms with Crippen LogP contribution in [-0.4, -0.2) is 23.2 Å². The predicted molar refractivity (Wildman–Crippen MR) is 150 cm³/mol. The number of aliphatic imine (C=N–C) groups is 1. The summed E-state index contributed by atoms with van der Waals surface area (Å²) >= 11 is 1.43. The van der Waals surface area contributed by atoms with Crippen LogP contribution in [0.5, 0.6) is 0 Å². The molecule has 5 rings (SSSR count). The fraction of sp³-hybridized carbons (Fsp3) is 0.267. The summed E-state index contributed by atoms with van der Waals surface area (Å²) in [6.45, 7) is 10.2. The van der Waals surface area contributed by atoms with Gasteiger partial charge in [0.1, 0.15) is 0 Å². The molecule has 0 N–H and O–H groups in total. The molecule has 4 nitrogen and oxygen atoms in total. The summed E-state index contributed by atoms with van der Waals surface area (Å²) in [4.78, 5) is 23.3. The van der Waals surface area contributed by atoms with Gasteiger partial charge in [-0.1, -0.05) is 49.4 Å². The van der Waals surface area contributed by atoms with Crippen molar-refractivity contribution in [3.8, 4) is 0 Å². The van der Waals surface area contributed by atoms with Crippen molar-refractivity contribution < 1.29 is 4.79 Å². The number of amidine groups is 1. The van der Waals surface area contributed by atoms with E-state index in [0.29, 0.717) is 16.0 Å². The molecule has 0 spiro atoms. The van der Waals surface area contributed by atoms with E-state index in [4.69, 9.17) is 4.99 Å². The topological polar surface area (TPSA) is 35.9 Å². The van der Waals surface area contributed by atoms with Crippen LogP contribution in [0.25, 0.3) is 6.08 Å². The monoisotopic (exact) mass is 481 g/mol. The van der Waals surface area contributed by atoms with E-state index in [9.17, 15) is 4.79 Å². The highest BCUT2D eigenvalue weighted by Gasteiger charge is 2.37. The molecule has 3 aromatic carbocycles. The van der Waals surface area contributed by atoms with Gasteiger partial charge in [0.25, 0.3) is 5.91 Å². The van der Waals surface area contributed by atoms with Gasteiger partial charge in [-0.3, -0.25) is 9.69 Å². The molecular formula is C30H31N3OS. The van der Waals surface area contributed by atoms with E-state index < -0.39 is 0 Å². The van der Waals surface area contributed by atoms with Crippen molar-refractivity contribution in [1.29, 1.82) is 0 Å². The summed E-state index contributed by atoms with van der Waals surface area (Å²) in [5.41, 5.74) is 5.50. The van der Waals surface area contributed by atoms with Crippen molar-refractivity contribution in [3.05, 3.63) is 94.9 Å². The quantitative estimate of drug-likeness (QED) is 0.360. The first-order valence-electron chi connectivity index (χ1n) is 12.2. The Morgan fingerprint density at radius 3 is 2.40 bits per heavy atom. The number of benzene rings is 3.